The fraction of sp³-hybridized carbons (Fsp3) is 0.526. The monoisotopic (exact) mass is 342 g/mol. The zero-order chi connectivity index (χ0) is 17.6. The van der Waals surface area contributed by atoms with Crippen LogP contribution < -0.4 is 5.32 Å². The number of hydrogen-bond acceptors (Lipinski definition) is 5. The van der Waals surface area contributed by atoms with Gasteiger partial charge < -0.3 is 9.84 Å². The fourth-order valence-electron chi connectivity index (χ4n) is 3.27. The lowest BCUT2D eigenvalue weighted by Crippen LogP contribution is -2.44. The summed E-state index contributed by atoms with van der Waals surface area (Å²) in [7, 11) is 0. The summed E-state index contributed by atoms with van der Waals surface area (Å²) in [4.78, 5) is 18.7. The molecule has 0 atom stereocenters. The predicted molar refractivity (Wildman–Crippen MR) is 95.0 cm³/mol. The maximum atomic E-state index is 12.1. The SMILES string of the molecule is Cc1cccc(CN2CCC(NC(=O)CCc3nc(C)no3)CC2)c1. The van der Waals surface area contributed by atoms with Crippen LogP contribution in [0.1, 0.15) is 42.1 Å². The van der Waals surface area contributed by atoms with Crippen LogP contribution in [-0.2, 0) is 17.8 Å². The quantitative estimate of drug-likeness (QED) is 0.873. The molecule has 3 rings (SSSR count). The molecular weight excluding hydrogens is 316 g/mol. The van der Waals surface area contributed by atoms with E-state index in [0.717, 1.165) is 32.5 Å². The van der Waals surface area contributed by atoms with E-state index < -0.39 is 0 Å². The van der Waals surface area contributed by atoms with E-state index in [2.05, 4.69) is 51.5 Å². The van der Waals surface area contributed by atoms with Crippen LogP contribution in [0.2, 0.25) is 0 Å². The molecule has 6 nitrogen and oxygen atoms in total. The number of likely N-dealkylation sites (tertiary alicyclic amines) is 1. The maximum Gasteiger partial charge on any atom is 0.227 e. The summed E-state index contributed by atoms with van der Waals surface area (Å²) in [5.74, 6) is 1.20. The topological polar surface area (TPSA) is 71.3 Å². The molecule has 1 saturated heterocycles. The molecule has 0 saturated carbocycles. The Morgan fingerprint density at radius 3 is 2.80 bits per heavy atom. The number of aromatic nitrogens is 2. The van der Waals surface area contributed by atoms with Gasteiger partial charge in [0.15, 0.2) is 5.82 Å². The summed E-state index contributed by atoms with van der Waals surface area (Å²) in [5, 5.41) is 6.87. The molecule has 0 spiro atoms. The highest BCUT2D eigenvalue weighted by atomic mass is 16.5. The number of piperidine rings is 1. The summed E-state index contributed by atoms with van der Waals surface area (Å²) < 4.78 is 5.04. The molecule has 0 bridgehead atoms. The van der Waals surface area contributed by atoms with Crippen LogP contribution in [0.3, 0.4) is 0 Å². The molecule has 6 heteroatoms. The number of aryl methyl sites for hydroxylation is 3. The van der Waals surface area contributed by atoms with Gasteiger partial charge in [0.1, 0.15) is 0 Å². The first kappa shape index (κ1) is 17.6. The van der Waals surface area contributed by atoms with Crippen LogP contribution >= 0.6 is 0 Å². The third-order valence-corrected chi connectivity index (χ3v) is 4.58. The normalized spacial score (nSPS) is 16.1. The van der Waals surface area contributed by atoms with Crippen LogP contribution in [0.15, 0.2) is 28.8 Å². The largest absolute Gasteiger partial charge is 0.353 e. The zero-order valence-electron chi connectivity index (χ0n) is 15.0. The number of amides is 1. The molecule has 1 aromatic heterocycles. The molecule has 1 amide bonds. The number of nitrogens with zero attached hydrogens (tertiary/aromatic N) is 3. The average molecular weight is 342 g/mol. The van der Waals surface area contributed by atoms with E-state index in [1.807, 2.05) is 0 Å². The summed E-state index contributed by atoms with van der Waals surface area (Å²) in [6.07, 6.45) is 2.89. The third-order valence-electron chi connectivity index (χ3n) is 4.58. The molecule has 0 unspecified atom stereocenters. The first-order valence-electron chi connectivity index (χ1n) is 8.95. The molecule has 1 aliphatic rings. The van der Waals surface area contributed by atoms with Crippen molar-refractivity contribution in [3.8, 4) is 0 Å². The molecule has 2 heterocycles. The van der Waals surface area contributed by atoms with Crippen LogP contribution in [-0.4, -0.2) is 40.1 Å². The molecule has 1 aliphatic heterocycles. The third kappa shape index (κ3) is 5.39. The summed E-state index contributed by atoms with van der Waals surface area (Å²) in [5.41, 5.74) is 2.66. The lowest BCUT2D eigenvalue weighted by Gasteiger charge is -2.32. The van der Waals surface area contributed by atoms with Gasteiger partial charge in [-0.3, -0.25) is 9.69 Å². The lowest BCUT2D eigenvalue weighted by atomic mass is 10.0. The minimum atomic E-state index is 0.0630. The van der Waals surface area contributed by atoms with Crippen LogP contribution in [0.4, 0.5) is 0 Å². The van der Waals surface area contributed by atoms with E-state index in [0.29, 0.717) is 24.6 Å². The van der Waals surface area contributed by atoms with Crippen LogP contribution in [0.25, 0.3) is 0 Å². The smallest absolute Gasteiger partial charge is 0.227 e. The number of hydrogen-bond donors (Lipinski definition) is 1. The number of carbonyl (C=O) groups is 1. The first-order chi connectivity index (χ1) is 12.1. The molecule has 2 aromatic rings. The first-order valence-corrected chi connectivity index (χ1v) is 8.95. The van der Waals surface area contributed by atoms with Crippen molar-refractivity contribution in [1.29, 1.82) is 0 Å². The van der Waals surface area contributed by atoms with Gasteiger partial charge in [-0.1, -0.05) is 35.0 Å². The van der Waals surface area contributed by atoms with Gasteiger partial charge in [-0.25, -0.2) is 0 Å². The summed E-state index contributed by atoms with van der Waals surface area (Å²) >= 11 is 0. The molecule has 1 N–H and O–H groups in total. The Morgan fingerprint density at radius 2 is 2.12 bits per heavy atom. The van der Waals surface area contributed by atoms with E-state index in [-0.39, 0.29) is 11.9 Å². The molecule has 134 valence electrons. The van der Waals surface area contributed by atoms with E-state index in [9.17, 15) is 4.79 Å². The van der Waals surface area contributed by atoms with Crippen molar-refractivity contribution in [2.24, 2.45) is 0 Å². The second-order valence-corrected chi connectivity index (χ2v) is 6.84. The van der Waals surface area contributed by atoms with Crippen molar-refractivity contribution in [2.75, 3.05) is 13.1 Å². The van der Waals surface area contributed by atoms with Gasteiger partial charge in [0, 0.05) is 38.5 Å². The Balaban J connectivity index is 1.37. The minimum Gasteiger partial charge on any atom is -0.353 e. The fourth-order valence-corrected chi connectivity index (χ4v) is 3.27. The van der Waals surface area contributed by atoms with Crippen molar-refractivity contribution in [3.05, 3.63) is 47.1 Å². The Kier molecular flexibility index (Phi) is 5.81. The predicted octanol–water partition coefficient (Wildman–Crippen LogP) is 2.40. The van der Waals surface area contributed by atoms with Crippen molar-refractivity contribution < 1.29 is 9.32 Å². The highest BCUT2D eigenvalue weighted by Gasteiger charge is 2.21. The number of carbonyl (C=O) groups excluding carboxylic acids is 1. The van der Waals surface area contributed by atoms with Crippen molar-refractivity contribution in [2.45, 2.75) is 52.1 Å². The van der Waals surface area contributed by atoms with Gasteiger partial charge in [0.05, 0.1) is 0 Å². The van der Waals surface area contributed by atoms with E-state index in [1.54, 1.807) is 6.92 Å². The molecule has 25 heavy (non-hydrogen) atoms. The van der Waals surface area contributed by atoms with E-state index in [1.165, 1.54) is 11.1 Å². The highest BCUT2D eigenvalue weighted by Crippen LogP contribution is 2.15. The van der Waals surface area contributed by atoms with Gasteiger partial charge in [0.25, 0.3) is 0 Å². The van der Waals surface area contributed by atoms with Crippen molar-refractivity contribution >= 4 is 5.91 Å². The molecule has 1 fully saturated rings. The summed E-state index contributed by atoms with van der Waals surface area (Å²) in [6.45, 7) is 6.92. The van der Waals surface area contributed by atoms with Crippen molar-refractivity contribution in [3.63, 3.8) is 0 Å². The van der Waals surface area contributed by atoms with E-state index in [4.69, 9.17) is 4.52 Å². The standard InChI is InChI=1S/C19H26N4O2/c1-14-4-3-5-16(12-14)13-23-10-8-17(9-11-23)21-18(24)6-7-19-20-15(2)22-25-19/h3-5,12,17H,6-11,13H2,1-2H3,(H,21,24). The second kappa shape index (κ2) is 8.25. The van der Waals surface area contributed by atoms with E-state index >= 15 is 0 Å². The molecular formula is C19H26N4O2. The second-order valence-electron chi connectivity index (χ2n) is 6.84. The Hall–Kier alpha value is -2.21. The Morgan fingerprint density at radius 1 is 1.32 bits per heavy atom. The van der Waals surface area contributed by atoms with Gasteiger partial charge in [0.2, 0.25) is 11.8 Å². The Bertz CT molecular complexity index is 705. The number of rotatable bonds is 6. The maximum absolute atomic E-state index is 12.1. The lowest BCUT2D eigenvalue weighted by molar-refractivity contribution is -0.122. The molecule has 0 aliphatic carbocycles. The number of nitrogens with one attached hydrogen (secondary N) is 1. The molecule has 0 radical (unpaired) electrons. The average Bonchev–Trinajstić information content (AvgIpc) is 3.00. The van der Waals surface area contributed by atoms with Gasteiger partial charge in [-0.2, -0.15) is 4.98 Å². The van der Waals surface area contributed by atoms with Gasteiger partial charge in [-0.15, -0.1) is 0 Å². The zero-order valence-corrected chi connectivity index (χ0v) is 15.0. The number of benzene rings is 1. The minimum absolute atomic E-state index is 0.0630. The van der Waals surface area contributed by atoms with Crippen LogP contribution in [0, 0.1) is 13.8 Å². The summed E-state index contributed by atoms with van der Waals surface area (Å²) in [6, 6.07) is 8.93. The highest BCUT2D eigenvalue weighted by molar-refractivity contribution is 5.76. The molecule has 1 aromatic carbocycles. The van der Waals surface area contributed by atoms with Gasteiger partial charge in [-0.05, 0) is 32.3 Å². The van der Waals surface area contributed by atoms with Gasteiger partial charge >= 0.3 is 0 Å². The van der Waals surface area contributed by atoms with Crippen LogP contribution in [0.5, 0.6) is 0 Å². The van der Waals surface area contributed by atoms with Crippen molar-refractivity contribution in [1.82, 2.24) is 20.4 Å². The Labute approximate surface area is 148 Å².